The van der Waals surface area contributed by atoms with E-state index in [0.29, 0.717) is 0 Å². The lowest BCUT2D eigenvalue weighted by atomic mass is 10.2. The SMILES string of the molecule is O=C(CO/N=C\c1ccccc1Br)Nc1ccc(C(F)(F)F)cc1. The molecule has 0 aromatic heterocycles. The number of halogens is 4. The Morgan fingerprint density at radius 3 is 2.46 bits per heavy atom. The highest BCUT2D eigenvalue weighted by molar-refractivity contribution is 9.10. The number of oxime groups is 1. The van der Waals surface area contributed by atoms with Gasteiger partial charge in [-0.2, -0.15) is 13.2 Å². The summed E-state index contributed by atoms with van der Waals surface area (Å²) in [5.74, 6) is -0.529. The molecule has 0 unspecified atom stereocenters. The average molecular weight is 401 g/mol. The van der Waals surface area contributed by atoms with Crippen molar-refractivity contribution in [2.24, 2.45) is 5.16 Å². The maximum atomic E-state index is 12.4. The lowest BCUT2D eigenvalue weighted by Crippen LogP contribution is -2.17. The number of hydrogen-bond donors (Lipinski definition) is 1. The molecular formula is C16H12BrF3N2O2. The molecule has 0 aliphatic carbocycles. The van der Waals surface area contributed by atoms with E-state index >= 15 is 0 Å². The smallest absolute Gasteiger partial charge is 0.386 e. The third-order valence-electron chi connectivity index (χ3n) is 2.86. The van der Waals surface area contributed by atoms with Gasteiger partial charge >= 0.3 is 6.18 Å². The molecule has 0 atom stereocenters. The molecule has 4 nitrogen and oxygen atoms in total. The van der Waals surface area contributed by atoms with Gasteiger partial charge in [0.15, 0.2) is 6.61 Å². The zero-order valence-electron chi connectivity index (χ0n) is 12.2. The van der Waals surface area contributed by atoms with Crippen LogP contribution in [0.15, 0.2) is 58.2 Å². The molecule has 1 amide bonds. The van der Waals surface area contributed by atoms with Crippen molar-refractivity contribution in [1.82, 2.24) is 0 Å². The van der Waals surface area contributed by atoms with Crippen LogP contribution in [0.2, 0.25) is 0 Å². The second-order valence-electron chi connectivity index (χ2n) is 4.65. The van der Waals surface area contributed by atoms with E-state index in [2.05, 4.69) is 26.4 Å². The summed E-state index contributed by atoms with van der Waals surface area (Å²) in [6, 6.07) is 11.4. The number of nitrogens with zero attached hydrogens (tertiary/aromatic N) is 1. The minimum absolute atomic E-state index is 0.242. The lowest BCUT2D eigenvalue weighted by molar-refractivity contribution is -0.137. The Balaban J connectivity index is 1.82. The fraction of sp³-hybridized carbons (Fsp3) is 0.125. The zero-order valence-corrected chi connectivity index (χ0v) is 13.8. The van der Waals surface area contributed by atoms with Crippen molar-refractivity contribution in [3.05, 3.63) is 64.1 Å². The Morgan fingerprint density at radius 2 is 1.83 bits per heavy atom. The van der Waals surface area contributed by atoms with Crippen molar-refractivity contribution in [2.45, 2.75) is 6.18 Å². The molecule has 0 radical (unpaired) electrons. The molecule has 2 aromatic rings. The number of carbonyl (C=O) groups is 1. The summed E-state index contributed by atoms with van der Waals surface area (Å²) in [4.78, 5) is 16.5. The molecule has 0 bridgehead atoms. The molecule has 24 heavy (non-hydrogen) atoms. The molecule has 0 saturated heterocycles. The lowest BCUT2D eigenvalue weighted by Gasteiger charge is -2.08. The Kier molecular flexibility index (Phi) is 5.97. The number of carbonyl (C=O) groups excluding carboxylic acids is 1. The Morgan fingerprint density at radius 1 is 1.17 bits per heavy atom. The molecule has 0 saturated carbocycles. The maximum absolute atomic E-state index is 12.4. The molecule has 8 heteroatoms. The van der Waals surface area contributed by atoms with E-state index in [1.807, 2.05) is 18.2 Å². The van der Waals surface area contributed by atoms with Gasteiger partial charge in [0.05, 0.1) is 11.8 Å². The molecule has 0 fully saturated rings. The van der Waals surface area contributed by atoms with Crippen LogP contribution in [0.1, 0.15) is 11.1 Å². The number of anilines is 1. The van der Waals surface area contributed by atoms with Gasteiger partial charge in [0, 0.05) is 15.7 Å². The highest BCUT2D eigenvalue weighted by Gasteiger charge is 2.29. The fourth-order valence-electron chi connectivity index (χ4n) is 1.71. The minimum atomic E-state index is -4.41. The fourth-order valence-corrected chi connectivity index (χ4v) is 2.10. The maximum Gasteiger partial charge on any atom is 0.416 e. The summed E-state index contributed by atoms with van der Waals surface area (Å²) < 4.78 is 38.1. The van der Waals surface area contributed by atoms with Crippen LogP contribution in [0.4, 0.5) is 18.9 Å². The topological polar surface area (TPSA) is 50.7 Å². The highest BCUT2D eigenvalue weighted by Crippen LogP contribution is 2.29. The summed E-state index contributed by atoms with van der Waals surface area (Å²) in [5.41, 5.74) is 0.238. The normalized spacial score (nSPS) is 11.5. The summed E-state index contributed by atoms with van der Waals surface area (Å²) >= 11 is 3.34. The molecular weight excluding hydrogens is 389 g/mol. The Labute approximate surface area is 144 Å². The minimum Gasteiger partial charge on any atom is -0.386 e. The predicted octanol–water partition coefficient (Wildman–Crippen LogP) is 4.46. The molecule has 0 spiro atoms. The molecule has 1 N–H and O–H groups in total. The second kappa shape index (κ2) is 7.96. The van der Waals surface area contributed by atoms with Gasteiger partial charge in [-0.25, -0.2) is 0 Å². The van der Waals surface area contributed by atoms with E-state index in [9.17, 15) is 18.0 Å². The van der Waals surface area contributed by atoms with Gasteiger partial charge in [-0.15, -0.1) is 0 Å². The summed E-state index contributed by atoms with van der Waals surface area (Å²) in [6.45, 7) is -0.359. The molecule has 2 aromatic carbocycles. The van der Waals surface area contributed by atoms with E-state index in [1.54, 1.807) is 6.07 Å². The molecule has 2 rings (SSSR count). The van der Waals surface area contributed by atoms with E-state index in [1.165, 1.54) is 18.3 Å². The largest absolute Gasteiger partial charge is 0.416 e. The first kappa shape index (κ1) is 18.0. The van der Waals surface area contributed by atoms with Crippen LogP contribution in [0, 0.1) is 0 Å². The number of rotatable bonds is 5. The van der Waals surface area contributed by atoms with Crippen molar-refractivity contribution in [2.75, 3.05) is 11.9 Å². The Bertz CT molecular complexity index is 731. The first-order chi connectivity index (χ1) is 11.4. The molecule has 0 heterocycles. The van der Waals surface area contributed by atoms with Gasteiger partial charge < -0.3 is 10.2 Å². The van der Waals surface area contributed by atoms with Crippen LogP contribution in [-0.2, 0) is 15.8 Å². The third-order valence-corrected chi connectivity index (χ3v) is 3.59. The van der Waals surface area contributed by atoms with Crippen molar-refractivity contribution < 1.29 is 22.8 Å². The van der Waals surface area contributed by atoms with Crippen molar-refractivity contribution in [1.29, 1.82) is 0 Å². The van der Waals surface area contributed by atoms with Crippen LogP contribution in [0.25, 0.3) is 0 Å². The van der Waals surface area contributed by atoms with Gasteiger partial charge in [-0.3, -0.25) is 4.79 Å². The van der Waals surface area contributed by atoms with Crippen molar-refractivity contribution in [3.8, 4) is 0 Å². The number of nitrogens with one attached hydrogen (secondary N) is 1. The zero-order chi connectivity index (χ0) is 17.6. The van der Waals surface area contributed by atoms with Crippen LogP contribution in [-0.4, -0.2) is 18.7 Å². The van der Waals surface area contributed by atoms with Crippen molar-refractivity contribution >= 4 is 33.7 Å². The number of alkyl halides is 3. The van der Waals surface area contributed by atoms with Crippen molar-refractivity contribution in [3.63, 3.8) is 0 Å². The van der Waals surface area contributed by atoms with Crippen LogP contribution < -0.4 is 5.32 Å². The third kappa shape index (κ3) is 5.38. The monoisotopic (exact) mass is 400 g/mol. The molecule has 126 valence electrons. The summed E-state index contributed by atoms with van der Waals surface area (Å²) in [5, 5.41) is 6.08. The number of hydrogen-bond acceptors (Lipinski definition) is 3. The molecule has 0 aliphatic rings. The van der Waals surface area contributed by atoms with Gasteiger partial charge in [0.25, 0.3) is 5.91 Å². The van der Waals surface area contributed by atoms with E-state index in [0.717, 1.165) is 22.2 Å². The predicted molar refractivity (Wildman–Crippen MR) is 87.8 cm³/mol. The first-order valence-electron chi connectivity index (χ1n) is 6.73. The van der Waals surface area contributed by atoms with Gasteiger partial charge in [0.1, 0.15) is 0 Å². The highest BCUT2D eigenvalue weighted by atomic mass is 79.9. The second-order valence-corrected chi connectivity index (χ2v) is 5.51. The number of benzene rings is 2. The van der Waals surface area contributed by atoms with Crippen LogP contribution >= 0.6 is 15.9 Å². The van der Waals surface area contributed by atoms with Gasteiger partial charge in [-0.05, 0) is 30.3 Å². The molecule has 0 aliphatic heterocycles. The quantitative estimate of drug-likeness (QED) is 0.594. The average Bonchev–Trinajstić information content (AvgIpc) is 2.53. The first-order valence-corrected chi connectivity index (χ1v) is 7.52. The van der Waals surface area contributed by atoms with Crippen LogP contribution in [0.3, 0.4) is 0 Å². The van der Waals surface area contributed by atoms with E-state index in [4.69, 9.17) is 4.84 Å². The van der Waals surface area contributed by atoms with E-state index in [-0.39, 0.29) is 12.3 Å². The van der Waals surface area contributed by atoms with E-state index < -0.39 is 17.6 Å². The Hall–Kier alpha value is -2.35. The van der Waals surface area contributed by atoms with Gasteiger partial charge in [-0.1, -0.05) is 39.3 Å². The summed E-state index contributed by atoms with van der Waals surface area (Å²) in [7, 11) is 0. The number of amides is 1. The van der Waals surface area contributed by atoms with Crippen LogP contribution in [0.5, 0.6) is 0 Å². The van der Waals surface area contributed by atoms with Gasteiger partial charge in [0.2, 0.25) is 0 Å². The summed E-state index contributed by atoms with van der Waals surface area (Å²) in [6.07, 6.45) is -2.97. The standard InChI is InChI=1S/C16H12BrF3N2O2/c17-14-4-2-1-3-11(14)9-21-24-10-15(23)22-13-7-5-12(6-8-13)16(18,19)20/h1-9H,10H2,(H,22,23)/b21-9-.